The minimum absolute atomic E-state index is 0.0389. The number of rotatable bonds is 6. The summed E-state index contributed by atoms with van der Waals surface area (Å²) in [7, 11) is 1.62. The molecule has 1 aromatic carbocycles. The fourth-order valence-electron chi connectivity index (χ4n) is 3.27. The number of benzene rings is 1. The molecule has 1 aliphatic rings. The Kier molecular flexibility index (Phi) is 5.88. The van der Waals surface area contributed by atoms with Crippen molar-refractivity contribution in [3.63, 3.8) is 0 Å². The third-order valence-electron chi connectivity index (χ3n) is 4.65. The van der Waals surface area contributed by atoms with Crippen LogP contribution in [0.15, 0.2) is 42.7 Å². The SMILES string of the molecule is COc1cccc(C(=O)NC2CCCCC2)c1NCc1ccncc1. The number of nitrogens with zero attached hydrogens (tertiary/aromatic N) is 1. The number of ether oxygens (including phenoxy) is 1. The molecule has 2 aromatic rings. The fourth-order valence-corrected chi connectivity index (χ4v) is 3.27. The Morgan fingerprint density at radius 1 is 1.16 bits per heavy atom. The van der Waals surface area contributed by atoms with E-state index in [2.05, 4.69) is 15.6 Å². The zero-order valence-electron chi connectivity index (χ0n) is 14.6. The van der Waals surface area contributed by atoms with Crippen molar-refractivity contribution in [1.82, 2.24) is 10.3 Å². The summed E-state index contributed by atoms with van der Waals surface area (Å²) >= 11 is 0. The van der Waals surface area contributed by atoms with Gasteiger partial charge in [-0.05, 0) is 42.7 Å². The number of methoxy groups -OCH3 is 1. The van der Waals surface area contributed by atoms with Crippen molar-refractivity contribution in [2.75, 3.05) is 12.4 Å². The van der Waals surface area contributed by atoms with Gasteiger partial charge in [-0.1, -0.05) is 25.3 Å². The molecule has 0 atom stereocenters. The van der Waals surface area contributed by atoms with E-state index in [1.165, 1.54) is 19.3 Å². The Morgan fingerprint density at radius 3 is 2.64 bits per heavy atom. The molecule has 0 radical (unpaired) electrons. The third-order valence-corrected chi connectivity index (χ3v) is 4.65. The van der Waals surface area contributed by atoms with E-state index in [1.54, 1.807) is 19.5 Å². The number of carbonyl (C=O) groups is 1. The number of para-hydroxylation sites is 1. The Hall–Kier alpha value is -2.56. The maximum absolute atomic E-state index is 12.8. The summed E-state index contributed by atoms with van der Waals surface area (Å²) in [4.78, 5) is 16.8. The Labute approximate surface area is 148 Å². The molecular formula is C20H25N3O2. The van der Waals surface area contributed by atoms with Gasteiger partial charge in [0.15, 0.2) is 0 Å². The average Bonchev–Trinajstić information content (AvgIpc) is 2.67. The molecule has 1 aromatic heterocycles. The molecule has 0 spiro atoms. The van der Waals surface area contributed by atoms with E-state index in [4.69, 9.17) is 4.74 Å². The van der Waals surface area contributed by atoms with Crippen LogP contribution in [0.2, 0.25) is 0 Å². The first-order valence-corrected chi connectivity index (χ1v) is 8.88. The van der Waals surface area contributed by atoms with Crippen LogP contribution in [-0.2, 0) is 6.54 Å². The second kappa shape index (κ2) is 8.51. The molecular weight excluding hydrogens is 314 g/mol. The standard InChI is InChI=1S/C20H25N3O2/c1-25-18-9-5-8-17(20(24)23-16-6-3-2-4-7-16)19(18)22-14-15-10-12-21-13-11-15/h5,8-13,16,22H,2-4,6-7,14H2,1H3,(H,23,24). The van der Waals surface area contributed by atoms with Gasteiger partial charge in [0.05, 0.1) is 18.4 Å². The lowest BCUT2D eigenvalue weighted by molar-refractivity contribution is 0.0928. The predicted octanol–water partition coefficient (Wildman–Crippen LogP) is 3.76. The third kappa shape index (κ3) is 4.50. The molecule has 0 bridgehead atoms. The van der Waals surface area contributed by atoms with Crippen LogP contribution < -0.4 is 15.4 Å². The molecule has 25 heavy (non-hydrogen) atoms. The van der Waals surface area contributed by atoms with Crippen LogP contribution in [0.1, 0.15) is 48.0 Å². The van der Waals surface area contributed by atoms with Crippen molar-refractivity contribution in [1.29, 1.82) is 0 Å². The van der Waals surface area contributed by atoms with Gasteiger partial charge in [0.1, 0.15) is 5.75 Å². The largest absolute Gasteiger partial charge is 0.495 e. The molecule has 132 valence electrons. The summed E-state index contributed by atoms with van der Waals surface area (Å²) in [5.41, 5.74) is 2.45. The van der Waals surface area contributed by atoms with Gasteiger partial charge in [-0.3, -0.25) is 9.78 Å². The van der Waals surface area contributed by atoms with E-state index in [1.807, 2.05) is 30.3 Å². The molecule has 1 fully saturated rings. The van der Waals surface area contributed by atoms with E-state index in [0.717, 1.165) is 24.1 Å². The summed E-state index contributed by atoms with van der Waals surface area (Å²) in [6.45, 7) is 0.604. The highest BCUT2D eigenvalue weighted by Gasteiger charge is 2.20. The number of anilines is 1. The van der Waals surface area contributed by atoms with Gasteiger partial charge in [-0.2, -0.15) is 0 Å². The Bertz CT molecular complexity index is 697. The smallest absolute Gasteiger partial charge is 0.253 e. The molecule has 1 aliphatic carbocycles. The number of aromatic nitrogens is 1. The molecule has 1 heterocycles. The maximum Gasteiger partial charge on any atom is 0.253 e. The van der Waals surface area contributed by atoms with Crippen LogP contribution in [0, 0.1) is 0 Å². The highest BCUT2D eigenvalue weighted by Crippen LogP contribution is 2.29. The zero-order valence-corrected chi connectivity index (χ0v) is 14.6. The molecule has 0 unspecified atom stereocenters. The Balaban J connectivity index is 1.76. The second-order valence-corrected chi connectivity index (χ2v) is 6.40. The minimum Gasteiger partial charge on any atom is -0.495 e. The van der Waals surface area contributed by atoms with Crippen molar-refractivity contribution >= 4 is 11.6 Å². The summed E-state index contributed by atoms with van der Waals surface area (Å²) < 4.78 is 5.46. The van der Waals surface area contributed by atoms with Crippen LogP contribution in [0.25, 0.3) is 0 Å². The molecule has 0 saturated heterocycles. The van der Waals surface area contributed by atoms with E-state index in [-0.39, 0.29) is 11.9 Å². The van der Waals surface area contributed by atoms with Crippen LogP contribution in [0.4, 0.5) is 5.69 Å². The van der Waals surface area contributed by atoms with Gasteiger partial charge in [-0.25, -0.2) is 0 Å². The average molecular weight is 339 g/mol. The molecule has 5 nitrogen and oxygen atoms in total. The molecule has 0 aliphatic heterocycles. The summed E-state index contributed by atoms with van der Waals surface area (Å²) in [6, 6.07) is 9.74. The van der Waals surface area contributed by atoms with Crippen molar-refractivity contribution in [3.05, 3.63) is 53.9 Å². The van der Waals surface area contributed by atoms with Crippen molar-refractivity contribution in [3.8, 4) is 5.75 Å². The quantitative estimate of drug-likeness (QED) is 0.841. The van der Waals surface area contributed by atoms with E-state index >= 15 is 0 Å². The number of carbonyl (C=O) groups excluding carboxylic acids is 1. The normalized spacial score (nSPS) is 14.8. The number of hydrogen-bond acceptors (Lipinski definition) is 4. The number of pyridine rings is 1. The van der Waals surface area contributed by atoms with E-state index < -0.39 is 0 Å². The number of nitrogens with one attached hydrogen (secondary N) is 2. The lowest BCUT2D eigenvalue weighted by Crippen LogP contribution is -2.36. The van der Waals surface area contributed by atoms with Gasteiger partial charge >= 0.3 is 0 Å². The topological polar surface area (TPSA) is 63.2 Å². The van der Waals surface area contributed by atoms with Crippen LogP contribution in [0.3, 0.4) is 0 Å². The van der Waals surface area contributed by atoms with Crippen LogP contribution in [-0.4, -0.2) is 24.0 Å². The molecule has 5 heteroatoms. The zero-order chi connectivity index (χ0) is 17.5. The lowest BCUT2D eigenvalue weighted by atomic mass is 9.95. The highest BCUT2D eigenvalue weighted by molar-refractivity contribution is 6.01. The maximum atomic E-state index is 12.8. The predicted molar refractivity (Wildman–Crippen MR) is 98.9 cm³/mol. The molecule has 2 N–H and O–H groups in total. The fraction of sp³-hybridized carbons (Fsp3) is 0.400. The first-order chi connectivity index (χ1) is 12.3. The van der Waals surface area contributed by atoms with E-state index in [0.29, 0.717) is 17.9 Å². The molecule has 1 saturated carbocycles. The first kappa shape index (κ1) is 17.3. The van der Waals surface area contributed by atoms with E-state index in [9.17, 15) is 4.79 Å². The van der Waals surface area contributed by atoms with Gasteiger partial charge in [0, 0.05) is 25.0 Å². The number of amides is 1. The van der Waals surface area contributed by atoms with Crippen molar-refractivity contribution < 1.29 is 9.53 Å². The number of hydrogen-bond donors (Lipinski definition) is 2. The summed E-state index contributed by atoms with van der Waals surface area (Å²) in [5, 5.41) is 6.53. The van der Waals surface area contributed by atoms with Crippen molar-refractivity contribution in [2.24, 2.45) is 0 Å². The van der Waals surface area contributed by atoms with Gasteiger partial charge < -0.3 is 15.4 Å². The van der Waals surface area contributed by atoms with Crippen molar-refractivity contribution in [2.45, 2.75) is 44.7 Å². The Morgan fingerprint density at radius 2 is 1.92 bits per heavy atom. The van der Waals surface area contributed by atoms with Gasteiger partial charge in [-0.15, -0.1) is 0 Å². The summed E-state index contributed by atoms with van der Waals surface area (Å²) in [5.74, 6) is 0.633. The van der Waals surface area contributed by atoms with Crippen LogP contribution in [0.5, 0.6) is 5.75 Å². The monoisotopic (exact) mass is 339 g/mol. The summed E-state index contributed by atoms with van der Waals surface area (Å²) in [6.07, 6.45) is 9.30. The van der Waals surface area contributed by atoms with Gasteiger partial charge in [0.2, 0.25) is 0 Å². The van der Waals surface area contributed by atoms with Crippen LogP contribution >= 0.6 is 0 Å². The highest BCUT2D eigenvalue weighted by atomic mass is 16.5. The second-order valence-electron chi connectivity index (χ2n) is 6.40. The minimum atomic E-state index is -0.0389. The first-order valence-electron chi connectivity index (χ1n) is 8.88. The molecule has 3 rings (SSSR count). The van der Waals surface area contributed by atoms with Gasteiger partial charge in [0.25, 0.3) is 5.91 Å². The lowest BCUT2D eigenvalue weighted by Gasteiger charge is -2.24. The molecule has 1 amide bonds.